The van der Waals surface area contributed by atoms with Crippen LogP contribution in [0.3, 0.4) is 0 Å². The van der Waals surface area contributed by atoms with Crippen molar-refractivity contribution in [1.82, 2.24) is 5.32 Å². The van der Waals surface area contributed by atoms with Crippen LogP contribution in [0.5, 0.6) is 0 Å². The average molecular weight is 334 g/mol. The molecule has 1 atom stereocenters. The summed E-state index contributed by atoms with van der Waals surface area (Å²) >= 11 is 6.35. The number of benzene rings is 2. The van der Waals surface area contributed by atoms with Crippen LogP contribution in [0.25, 0.3) is 0 Å². The first-order valence-electron chi connectivity index (χ1n) is 7.62. The largest absolute Gasteiger partial charge is 0.409 e. The third-order valence-corrected chi connectivity index (χ3v) is 4.59. The summed E-state index contributed by atoms with van der Waals surface area (Å²) < 4.78 is 6.33. The lowest BCUT2D eigenvalue weighted by Gasteiger charge is -2.27. The maximum atomic E-state index is 6.35. The maximum Gasteiger partial charge on any atom is 0.184 e. The van der Waals surface area contributed by atoms with E-state index in [2.05, 4.69) is 55.3 Å². The topological polar surface area (TPSA) is 21.3 Å². The Labute approximate surface area is 139 Å². The summed E-state index contributed by atoms with van der Waals surface area (Å²) in [5.41, 5.74) is 2.33. The van der Waals surface area contributed by atoms with Crippen molar-refractivity contribution in [3.8, 4) is 0 Å². The van der Waals surface area contributed by atoms with Crippen LogP contribution in [-0.4, -0.2) is 14.9 Å². The first-order valence-corrected chi connectivity index (χ1v) is 11.4. The Bertz CT molecular complexity index is 583. The van der Waals surface area contributed by atoms with Gasteiger partial charge in [-0.3, -0.25) is 0 Å². The Balaban J connectivity index is 2.04. The maximum absolute atomic E-state index is 6.35. The van der Waals surface area contributed by atoms with Crippen molar-refractivity contribution in [2.45, 2.75) is 32.3 Å². The summed E-state index contributed by atoms with van der Waals surface area (Å²) in [5.74, 6) is 0. The molecule has 0 bridgehead atoms. The minimum absolute atomic E-state index is 0.0101. The van der Waals surface area contributed by atoms with Crippen molar-refractivity contribution in [1.29, 1.82) is 0 Å². The summed E-state index contributed by atoms with van der Waals surface area (Å²) in [6.07, 6.45) is -0.0101. The number of hydrogen-bond donors (Lipinski definition) is 1. The van der Waals surface area contributed by atoms with Gasteiger partial charge in [-0.15, -0.1) is 0 Å². The number of hydrogen-bond acceptors (Lipinski definition) is 2. The summed E-state index contributed by atoms with van der Waals surface area (Å²) in [5, 5.41) is 4.26. The highest BCUT2D eigenvalue weighted by Gasteiger charge is 2.23. The molecule has 118 valence electrons. The molecule has 1 unspecified atom stereocenters. The zero-order valence-electron chi connectivity index (χ0n) is 13.5. The van der Waals surface area contributed by atoms with Gasteiger partial charge in [0.15, 0.2) is 8.32 Å². The summed E-state index contributed by atoms with van der Waals surface area (Å²) in [7, 11) is -1.65. The molecule has 2 aromatic carbocycles. The van der Waals surface area contributed by atoms with Crippen LogP contribution in [0, 0.1) is 0 Å². The van der Waals surface area contributed by atoms with Crippen molar-refractivity contribution in [3.63, 3.8) is 0 Å². The smallest absolute Gasteiger partial charge is 0.184 e. The van der Waals surface area contributed by atoms with Gasteiger partial charge in [-0.25, -0.2) is 0 Å². The van der Waals surface area contributed by atoms with E-state index in [0.29, 0.717) is 0 Å². The fourth-order valence-electron chi connectivity index (χ4n) is 2.32. The summed E-state index contributed by atoms with van der Waals surface area (Å²) in [6.45, 7) is 8.19. The van der Waals surface area contributed by atoms with Crippen LogP contribution >= 0.6 is 11.6 Å². The molecule has 2 nitrogen and oxygen atoms in total. The first kappa shape index (κ1) is 17.2. The van der Waals surface area contributed by atoms with E-state index in [4.69, 9.17) is 16.0 Å². The summed E-state index contributed by atoms with van der Waals surface area (Å²) in [4.78, 5) is 0. The van der Waals surface area contributed by atoms with E-state index in [-0.39, 0.29) is 6.10 Å². The highest BCUT2D eigenvalue weighted by Crippen LogP contribution is 2.27. The van der Waals surface area contributed by atoms with Crippen LogP contribution < -0.4 is 5.32 Å². The van der Waals surface area contributed by atoms with Crippen LogP contribution in [0.2, 0.25) is 24.7 Å². The number of nitrogens with one attached hydrogen (secondary N) is 1. The van der Waals surface area contributed by atoms with E-state index in [0.717, 1.165) is 23.7 Å². The lowest BCUT2D eigenvalue weighted by Crippen LogP contribution is -2.33. The van der Waals surface area contributed by atoms with Gasteiger partial charge < -0.3 is 9.74 Å². The summed E-state index contributed by atoms with van der Waals surface area (Å²) in [6, 6.07) is 18.3. The second kappa shape index (κ2) is 7.93. The third kappa shape index (κ3) is 5.58. The second-order valence-electron chi connectivity index (χ2n) is 6.36. The van der Waals surface area contributed by atoms with E-state index < -0.39 is 8.32 Å². The Morgan fingerprint density at radius 3 is 2.27 bits per heavy atom. The van der Waals surface area contributed by atoms with Gasteiger partial charge in [-0.1, -0.05) is 60.1 Å². The van der Waals surface area contributed by atoms with Gasteiger partial charge in [-0.2, -0.15) is 0 Å². The van der Waals surface area contributed by atoms with Gasteiger partial charge in [0.1, 0.15) is 0 Å². The van der Waals surface area contributed by atoms with Crippen LogP contribution in [-0.2, 0) is 11.0 Å². The Hall–Kier alpha value is -1.13. The molecule has 4 heteroatoms. The van der Waals surface area contributed by atoms with Gasteiger partial charge in [-0.05, 0) is 36.8 Å². The molecule has 2 aromatic rings. The van der Waals surface area contributed by atoms with Gasteiger partial charge in [0.2, 0.25) is 0 Å². The lowest BCUT2D eigenvalue weighted by atomic mass is 10.1. The Morgan fingerprint density at radius 1 is 1.00 bits per heavy atom. The molecule has 0 spiro atoms. The minimum atomic E-state index is -1.65. The SMILES string of the molecule is C[Si](C)(C)OC(CNCc1ccccc1)c1ccccc1Cl. The fourth-order valence-corrected chi connectivity index (χ4v) is 3.64. The predicted molar refractivity (Wildman–Crippen MR) is 96.8 cm³/mol. The molecular weight excluding hydrogens is 310 g/mol. The molecule has 0 radical (unpaired) electrons. The van der Waals surface area contributed by atoms with E-state index in [1.54, 1.807) is 0 Å². The van der Waals surface area contributed by atoms with Crippen molar-refractivity contribution in [3.05, 3.63) is 70.7 Å². The van der Waals surface area contributed by atoms with Crippen molar-refractivity contribution >= 4 is 19.9 Å². The average Bonchev–Trinajstić information content (AvgIpc) is 2.47. The molecule has 0 saturated heterocycles. The third-order valence-electron chi connectivity index (χ3n) is 3.25. The van der Waals surface area contributed by atoms with Crippen LogP contribution in [0.15, 0.2) is 54.6 Å². The molecule has 22 heavy (non-hydrogen) atoms. The van der Waals surface area contributed by atoms with Gasteiger partial charge in [0, 0.05) is 18.1 Å². The van der Waals surface area contributed by atoms with Crippen LogP contribution in [0.1, 0.15) is 17.2 Å². The first-order chi connectivity index (χ1) is 10.5. The fraction of sp³-hybridized carbons (Fsp3) is 0.333. The monoisotopic (exact) mass is 333 g/mol. The second-order valence-corrected chi connectivity index (χ2v) is 11.2. The van der Waals surface area contributed by atoms with E-state index in [1.807, 2.05) is 24.3 Å². The molecule has 0 fully saturated rings. The zero-order chi connectivity index (χ0) is 16.0. The van der Waals surface area contributed by atoms with Crippen molar-refractivity contribution in [2.24, 2.45) is 0 Å². The number of rotatable bonds is 7. The molecule has 0 saturated carbocycles. The lowest BCUT2D eigenvalue weighted by molar-refractivity contribution is 0.193. The quantitative estimate of drug-likeness (QED) is 0.718. The Morgan fingerprint density at radius 2 is 1.64 bits per heavy atom. The van der Waals surface area contributed by atoms with E-state index in [9.17, 15) is 0 Å². The molecule has 0 amide bonds. The van der Waals surface area contributed by atoms with E-state index >= 15 is 0 Å². The molecule has 1 N–H and O–H groups in total. The predicted octanol–water partition coefficient (Wildman–Crippen LogP) is 5.02. The highest BCUT2D eigenvalue weighted by molar-refractivity contribution is 6.69. The normalized spacial score (nSPS) is 13.1. The number of halogens is 1. The Kier molecular flexibility index (Phi) is 6.21. The molecule has 2 rings (SSSR count). The molecule has 0 aromatic heterocycles. The van der Waals surface area contributed by atoms with Crippen molar-refractivity contribution < 1.29 is 4.43 Å². The molecule has 0 aliphatic carbocycles. The van der Waals surface area contributed by atoms with Gasteiger partial charge in [0.05, 0.1) is 6.10 Å². The minimum Gasteiger partial charge on any atom is -0.409 e. The zero-order valence-corrected chi connectivity index (χ0v) is 15.2. The molecule has 0 aliphatic heterocycles. The van der Waals surface area contributed by atoms with Crippen LogP contribution in [0.4, 0.5) is 0 Å². The van der Waals surface area contributed by atoms with E-state index in [1.165, 1.54) is 5.56 Å². The molecule has 0 aliphatic rings. The van der Waals surface area contributed by atoms with Gasteiger partial charge in [0.25, 0.3) is 0 Å². The molecule has 0 heterocycles. The van der Waals surface area contributed by atoms with Crippen molar-refractivity contribution in [2.75, 3.05) is 6.54 Å². The highest BCUT2D eigenvalue weighted by atomic mass is 35.5. The standard InChI is InChI=1S/C18H24ClNOSi/c1-22(2,3)21-18(16-11-7-8-12-17(16)19)14-20-13-15-9-5-4-6-10-15/h4-12,18,20H,13-14H2,1-3H3. The molecular formula is C18H24ClNOSi. The van der Waals surface area contributed by atoms with Gasteiger partial charge >= 0.3 is 0 Å².